The summed E-state index contributed by atoms with van der Waals surface area (Å²) in [5, 5.41) is 5.58. The lowest BCUT2D eigenvalue weighted by Crippen LogP contribution is -2.29. The van der Waals surface area contributed by atoms with Gasteiger partial charge in [0.25, 0.3) is 0 Å². The minimum absolute atomic E-state index is 0.123. The molecule has 3 nitrogen and oxygen atoms in total. The van der Waals surface area contributed by atoms with Crippen LogP contribution in [0.15, 0.2) is 42.5 Å². The molecule has 3 aromatic rings. The smallest absolute Gasteiger partial charge is 0.141 e. The summed E-state index contributed by atoms with van der Waals surface area (Å²) in [4.78, 5) is 4.79. The summed E-state index contributed by atoms with van der Waals surface area (Å²) < 4.78 is 5.69. The van der Waals surface area contributed by atoms with Crippen molar-refractivity contribution in [2.24, 2.45) is 0 Å². The van der Waals surface area contributed by atoms with Crippen molar-refractivity contribution in [2.45, 2.75) is 12.8 Å². The second-order valence-corrected chi connectivity index (χ2v) is 5.25. The van der Waals surface area contributed by atoms with E-state index < -0.39 is 0 Å². The average molecular weight is 285 g/mol. The molecular formula is C16H13ClN2O. The van der Waals surface area contributed by atoms with Gasteiger partial charge in [0, 0.05) is 22.0 Å². The highest BCUT2D eigenvalue weighted by Gasteiger charge is 2.19. The van der Waals surface area contributed by atoms with Gasteiger partial charge >= 0.3 is 0 Å². The molecule has 1 unspecified atom stereocenters. The number of aromatic nitrogens is 1. The van der Waals surface area contributed by atoms with Gasteiger partial charge in [0.05, 0.1) is 23.5 Å². The van der Waals surface area contributed by atoms with Crippen LogP contribution in [-0.4, -0.2) is 17.1 Å². The Hall–Kier alpha value is -1.84. The molecule has 4 rings (SSSR count). The summed E-state index contributed by atoms with van der Waals surface area (Å²) in [6.45, 7) is 0.544. The van der Waals surface area contributed by atoms with E-state index in [0.29, 0.717) is 12.5 Å². The standard InChI is InChI=1S/C16H13ClN2O/c17-8-15-18-14-6-5-11-7-10-3-1-2-4-13(10)19-16(11)12(14)9-20-15/h1-7,15,18H,8-9H2. The molecular weight excluding hydrogens is 272 g/mol. The molecule has 1 atom stereocenters. The third kappa shape index (κ3) is 1.82. The first-order valence-corrected chi connectivity index (χ1v) is 7.14. The topological polar surface area (TPSA) is 34.2 Å². The fraction of sp³-hybridized carbons (Fsp3) is 0.188. The summed E-state index contributed by atoms with van der Waals surface area (Å²) >= 11 is 5.84. The van der Waals surface area contributed by atoms with Crippen LogP contribution in [0, 0.1) is 0 Å². The van der Waals surface area contributed by atoms with Gasteiger partial charge in [0.1, 0.15) is 6.23 Å². The summed E-state index contributed by atoms with van der Waals surface area (Å²) in [6, 6.07) is 14.5. The van der Waals surface area contributed by atoms with Gasteiger partial charge in [-0.05, 0) is 18.2 Å². The van der Waals surface area contributed by atoms with Crippen LogP contribution in [0.3, 0.4) is 0 Å². The Labute approximate surface area is 121 Å². The van der Waals surface area contributed by atoms with Crippen LogP contribution in [-0.2, 0) is 11.3 Å². The lowest BCUT2D eigenvalue weighted by Gasteiger charge is -2.26. The molecule has 0 spiro atoms. The first-order valence-electron chi connectivity index (χ1n) is 6.60. The number of pyridine rings is 1. The Kier molecular flexibility index (Phi) is 2.76. The zero-order chi connectivity index (χ0) is 13.5. The molecule has 0 bridgehead atoms. The lowest BCUT2D eigenvalue weighted by atomic mass is 10.0. The number of anilines is 1. The minimum atomic E-state index is -0.123. The average Bonchev–Trinajstić information content (AvgIpc) is 2.52. The van der Waals surface area contributed by atoms with Gasteiger partial charge in [0.2, 0.25) is 0 Å². The third-order valence-corrected chi connectivity index (χ3v) is 3.96. The van der Waals surface area contributed by atoms with E-state index in [1.807, 2.05) is 18.2 Å². The fourth-order valence-corrected chi connectivity index (χ4v) is 2.83. The van der Waals surface area contributed by atoms with E-state index >= 15 is 0 Å². The number of alkyl halides is 1. The molecule has 0 radical (unpaired) electrons. The lowest BCUT2D eigenvalue weighted by molar-refractivity contribution is 0.0665. The summed E-state index contributed by atoms with van der Waals surface area (Å²) in [7, 11) is 0. The first kappa shape index (κ1) is 11.9. The van der Waals surface area contributed by atoms with Gasteiger partial charge in [-0.2, -0.15) is 0 Å². The molecule has 0 saturated carbocycles. The molecule has 0 fully saturated rings. The van der Waals surface area contributed by atoms with Gasteiger partial charge in [-0.3, -0.25) is 0 Å². The van der Waals surface area contributed by atoms with Gasteiger partial charge in [-0.1, -0.05) is 24.3 Å². The number of nitrogens with zero attached hydrogens (tertiary/aromatic N) is 1. The predicted octanol–water partition coefficient (Wildman–Crippen LogP) is 3.90. The van der Waals surface area contributed by atoms with Crippen LogP contribution in [0.5, 0.6) is 0 Å². The highest BCUT2D eigenvalue weighted by atomic mass is 35.5. The SMILES string of the molecule is ClCC1Nc2ccc3cc4ccccc4nc3c2CO1. The molecule has 0 aliphatic carbocycles. The zero-order valence-electron chi connectivity index (χ0n) is 10.8. The molecule has 100 valence electrons. The number of rotatable bonds is 1. The van der Waals surface area contributed by atoms with Crippen molar-refractivity contribution >= 4 is 39.1 Å². The van der Waals surface area contributed by atoms with Gasteiger partial charge in [0.15, 0.2) is 0 Å². The van der Waals surface area contributed by atoms with E-state index in [-0.39, 0.29) is 6.23 Å². The Morgan fingerprint density at radius 1 is 1.20 bits per heavy atom. The number of fused-ring (bicyclic) bond motifs is 4. The van der Waals surface area contributed by atoms with Crippen molar-refractivity contribution in [3.63, 3.8) is 0 Å². The van der Waals surface area contributed by atoms with Crippen molar-refractivity contribution in [3.05, 3.63) is 48.0 Å². The highest BCUT2D eigenvalue weighted by molar-refractivity contribution is 6.18. The number of para-hydroxylation sites is 1. The number of hydrogen-bond acceptors (Lipinski definition) is 3. The Bertz CT molecular complexity index is 803. The maximum absolute atomic E-state index is 5.84. The van der Waals surface area contributed by atoms with Crippen LogP contribution in [0.2, 0.25) is 0 Å². The number of halogens is 1. The first-order chi connectivity index (χ1) is 9.85. The second-order valence-electron chi connectivity index (χ2n) is 4.94. The van der Waals surface area contributed by atoms with Crippen molar-refractivity contribution < 1.29 is 4.74 Å². The summed E-state index contributed by atoms with van der Waals surface area (Å²) in [5.74, 6) is 0.433. The van der Waals surface area contributed by atoms with Gasteiger partial charge < -0.3 is 10.1 Å². The fourth-order valence-electron chi connectivity index (χ4n) is 2.67. The van der Waals surface area contributed by atoms with Crippen molar-refractivity contribution in [3.8, 4) is 0 Å². The summed E-state index contributed by atoms with van der Waals surface area (Å²) in [5.41, 5.74) is 4.18. The number of nitrogens with one attached hydrogen (secondary N) is 1. The molecule has 20 heavy (non-hydrogen) atoms. The molecule has 2 aromatic carbocycles. The predicted molar refractivity (Wildman–Crippen MR) is 82.2 cm³/mol. The van der Waals surface area contributed by atoms with Crippen LogP contribution < -0.4 is 5.32 Å². The van der Waals surface area contributed by atoms with Gasteiger partial charge in [-0.25, -0.2) is 4.98 Å². The molecule has 0 amide bonds. The summed E-state index contributed by atoms with van der Waals surface area (Å²) in [6.07, 6.45) is -0.123. The number of hydrogen-bond donors (Lipinski definition) is 1. The molecule has 4 heteroatoms. The monoisotopic (exact) mass is 284 g/mol. The van der Waals surface area contributed by atoms with Crippen LogP contribution >= 0.6 is 11.6 Å². The Morgan fingerprint density at radius 3 is 3.00 bits per heavy atom. The highest BCUT2D eigenvalue weighted by Crippen LogP contribution is 2.31. The third-order valence-electron chi connectivity index (χ3n) is 3.68. The van der Waals surface area contributed by atoms with Crippen LogP contribution in [0.4, 0.5) is 5.69 Å². The van der Waals surface area contributed by atoms with Crippen molar-refractivity contribution in [1.29, 1.82) is 0 Å². The molecule has 1 aliphatic rings. The quantitative estimate of drug-likeness (QED) is 0.544. The van der Waals surface area contributed by atoms with E-state index in [1.54, 1.807) is 0 Å². The normalized spacial score (nSPS) is 17.9. The van der Waals surface area contributed by atoms with E-state index in [2.05, 4.69) is 29.6 Å². The van der Waals surface area contributed by atoms with Crippen molar-refractivity contribution in [1.82, 2.24) is 4.98 Å². The van der Waals surface area contributed by atoms with E-state index in [4.69, 9.17) is 21.3 Å². The molecule has 1 aliphatic heterocycles. The largest absolute Gasteiger partial charge is 0.359 e. The second kappa shape index (κ2) is 4.62. The van der Waals surface area contributed by atoms with Crippen LogP contribution in [0.25, 0.3) is 21.8 Å². The maximum Gasteiger partial charge on any atom is 0.141 e. The van der Waals surface area contributed by atoms with E-state index in [1.165, 1.54) is 0 Å². The van der Waals surface area contributed by atoms with Crippen molar-refractivity contribution in [2.75, 3.05) is 11.2 Å². The Morgan fingerprint density at radius 2 is 2.10 bits per heavy atom. The van der Waals surface area contributed by atoms with Crippen LogP contribution in [0.1, 0.15) is 5.56 Å². The van der Waals surface area contributed by atoms with E-state index in [0.717, 1.165) is 33.1 Å². The molecule has 0 saturated heterocycles. The molecule has 1 N–H and O–H groups in total. The Balaban J connectivity index is 1.96. The zero-order valence-corrected chi connectivity index (χ0v) is 11.5. The molecule has 1 aromatic heterocycles. The maximum atomic E-state index is 5.84. The van der Waals surface area contributed by atoms with Gasteiger partial charge in [-0.15, -0.1) is 11.6 Å². The number of benzene rings is 2. The number of ether oxygens (including phenoxy) is 1. The molecule has 2 heterocycles. The minimum Gasteiger partial charge on any atom is -0.359 e. The van der Waals surface area contributed by atoms with E-state index in [9.17, 15) is 0 Å².